The van der Waals surface area contributed by atoms with Gasteiger partial charge in [0.15, 0.2) is 0 Å². The van der Waals surface area contributed by atoms with Gasteiger partial charge in [0.25, 0.3) is 0 Å². The maximum Gasteiger partial charge on any atom is 0.225 e. The fraction of sp³-hybridized carbons (Fsp3) is 0.174. The first kappa shape index (κ1) is 19.0. The van der Waals surface area contributed by atoms with Gasteiger partial charge in [-0.2, -0.15) is 0 Å². The highest BCUT2D eigenvalue weighted by Crippen LogP contribution is 2.27. The molecule has 0 spiro atoms. The van der Waals surface area contributed by atoms with Crippen LogP contribution in [0.3, 0.4) is 0 Å². The predicted octanol–water partition coefficient (Wildman–Crippen LogP) is 5.11. The molecule has 0 saturated carbocycles. The number of amides is 1. The molecule has 3 rings (SSSR count). The van der Waals surface area contributed by atoms with E-state index < -0.39 is 0 Å². The zero-order valence-corrected chi connectivity index (χ0v) is 16.1. The molecular formula is C23H22ClNO2. The van der Waals surface area contributed by atoms with E-state index in [0.29, 0.717) is 5.02 Å². The third kappa shape index (κ3) is 4.89. The zero-order valence-electron chi connectivity index (χ0n) is 15.4. The molecule has 0 aliphatic heterocycles. The second-order valence-corrected chi connectivity index (χ2v) is 7.19. The molecule has 0 aromatic heterocycles. The summed E-state index contributed by atoms with van der Waals surface area (Å²) in [6, 6.07) is 20.2. The average molecular weight is 380 g/mol. The number of rotatable bonds is 5. The lowest BCUT2D eigenvalue weighted by molar-refractivity contribution is -0.120. The SMILES string of the molecule is Cc1ccc(C(NC(=O)Cc2ccc(O)cc2)c2ccc(Cl)cc2)c(C)c1. The summed E-state index contributed by atoms with van der Waals surface area (Å²) in [6.45, 7) is 4.11. The maximum absolute atomic E-state index is 12.7. The van der Waals surface area contributed by atoms with Gasteiger partial charge in [0, 0.05) is 5.02 Å². The van der Waals surface area contributed by atoms with Gasteiger partial charge in [0.05, 0.1) is 12.5 Å². The van der Waals surface area contributed by atoms with Crippen molar-refractivity contribution in [3.05, 3.63) is 99.6 Å². The molecule has 3 aromatic rings. The Kier molecular flexibility index (Phi) is 5.82. The van der Waals surface area contributed by atoms with Crippen molar-refractivity contribution < 1.29 is 9.90 Å². The number of aromatic hydroxyl groups is 1. The first-order valence-corrected chi connectivity index (χ1v) is 9.20. The van der Waals surface area contributed by atoms with Crippen LogP contribution in [0, 0.1) is 13.8 Å². The van der Waals surface area contributed by atoms with Gasteiger partial charge >= 0.3 is 0 Å². The number of hydrogen-bond donors (Lipinski definition) is 2. The molecule has 1 amide bonds. The number of hydrogen-bond acceptors (Lipinski definition) is 2. The molecular weight excluding hydrogens is 358 g/mol. The van der Waals surface area contributed by atoms with E-state index in [1.807, 2.05) is 24.3 Å². The normalized spacial score (nSPS) is 11.8. The van der Waals surface area contributed by atoms with Gasteiger partial charge in [-0.15, -0.1) is 0 Å². The van der Waals surface area contributed by atoms with Crippen molar-refractivity contribution in [2.24, 2.45) is 0 Å². The highest BCUT2D eigenvalue weighted by atomic mass is 35.5. The van der Waals surface area contributed by atoms with Crippen LogP contribution in [0.5, 0.6) is 5.75 Å². The van der Waals surface area contributed by atoms with Crippen LogP contribution in [0.25, 0.3) is 0 Å². The van der Waals surface area contributed by atoms with Crippen LogP contribution >= 0.6 is 11.6 Å². The quantitative estimate of drug-likeness (QED) is 0.647. The standard InChI is InChI=1S/C23H22ClNO2/c1-15-3-12-21(16(2)13-15)23(18-6-8-19(24)9-7-18)25-22(27)14-17-4-10-20(26)11-5-17/h3-13,23,26H,14H2,1-2H3,(H,25,27). The molecule has 27 heavy (non-hydrogen) atoms. The molecule has 0 heterocycles. The fourth-order valence-electron chi connectivity index (χ4n) is 3.16. The van der Waals surface area contributed by atoms with E-state index in [1.54, 1.807) is 24.3 Å². The number of halogens is 1. The van der Waals surface area contributed by atoms with E-state index in [1.165, 1.54) is 5.56 Å². The molecule has 138 valence electrons. The smallest absolute Gasteiger partial charge is 0.225 e. The lowest BCUT2D eigenvalue weighted by Crippen LogP contribution is -2.31. The van der Waals surface area contributed by atoms with Crippen molar-refractivity contribution in [2.75, 3.05) is 0 Å². The van der Waals surface area contributed by atoms with Crippen LogP contribution in [0.4, 0.5) is 0 Å². The average Bonchev–Trinajstić information content (AvgIpc) is 2.63. The van der Waals surface area contributed by atoms with E-state index >= 15 is 0 Å². The highest BCUT2D eigenvalue weighted by molar-refractivity contribution is 6.30. The van der Waals surface area contributed by atoms with Crippen molar-refractivity contribution in [2.45, 2.75) is 26.3 Å². The number of nitrogens with one attached hydrogen (secondary N) is 1. The van der Waals surface area contributed by atoms with Gasteiger partial charge in [-0.05, 0) is 60.4 Å². The first-order valence-electron chi connectivity index (χ1n) is 8.82. The molecule has 0 fully saturated rings. The molecule has 0 radical (unpaired) electrons. The molecule has 0 saturated heterocycles. The summed E-state index contributed by atoms with van der Waals surface area (Å²) in [5.41, 5.74) is 5.19. The van der Waals surface area contributed by atoms with E-state index in [-0.39, 0.29) is 24.1 Å². The van der Waals surface area contributed by atoms with E-state index in [9.17, 15) is 9.90 Å². The van der Waals surface area contributed by atoms with Crippen LogP contribution in [-0.4, -0.2) is 11.0 Å². The third-order valence-electron chi connectivity index (χ3n) is 4.55. The predicted molar refractivity (Wildman–Crippen MR) is 109 cm³/mol. The van der Waals surface area contributed by atoms with E-state index in [4.69, 9.17) is 11.6 Å². The van der Waals surface area contributed by atoms with Crippen molar-refractivity contribution in [3.8, 4) is 5.75 Å². The largest absolute Gasteiger partial charge is 0.508 e. The van der Waals surface area contributed by atoms with Crippen LogP contribution in [0.1, 0.15) is 33.9 Å². The summed E-state index contributed by atoms with van der Waals surface area (Å²) in [4.78, 5) is 12.7. The minimum absolute atomic E-state index is 0.0828. The van der Waals surface area contributed by atoms with Crippen molar-refractivity contribution in [1.82, 2.24) is 5.32 Å². The summed E-state index contributed by atoms with van der Waals surface area (Å²) < 4.78 is 0. The minimum Gasteiger partial charge on any atom is -0.508 e. The zero-order chi connectivity index (χ0) is 19.4. The molecule has 3 nitrogen and oxygen atoms in total. The Hall–Kier alpha value is -2.78. The lowest BCUT2D eigenvalue weighted by Gasteiger charge is -2.22. The number of phenolic OH excluding ortho intramolecular Hbond substituents is 1. The molecule has 4 heteroatoms. The summed E-state index contributed by atoms with van der Waals surface area (Å²) in [7, 11) is 0. The Morgan fingerprint density at radius 2 is 1.67 bits per heavy atom. The van der Waals surface area contributed by atoms with E-state index in [2.05, 4.69) is 37.4 Å². The lowest BCUT2D eigenvalue weighted by atomic mass is 9.93. The Bertz CT molecular complexity index is 934. The van der Waals surface area contributed by atoms with Crippen LogP contribution < -0.4 is 5.32 Å². The Morgan fingerprint density at radius 3 is 2.30 bits per heavy atom. The van der Waals surface area contributed by atoms with Gasteiger partial charge in [-0.3, -0.25) is 4.79 Å². The fourth-order valence-corrected chi connectivity index (χ4v) is 3.28. The molecule has 0 bridgehead atoms. The number of benzene rings is 3. The van der Waals surface area contributed by atoms with Gasteiger partial charge < -0.3 is 10.4 Å². The van der Waals surface area contributed by atoms with Gasteiger partial charge in [0.1, 0.15) is 5.75 Å². The summed E-state index contributed by atoms with van der Waals surface area (Å²) in [5, 5.41) is 13.2. The number of carbonyl (C=O) groups excluding carboxylic acids is 1. The summed E-state index contributed by atoms with van der Waals surface area (Å²) in [6.07, 6.45) is 0.245. The second-order valence-electron chi connectivity index (χ2n) is 6.76. The molecule has 1 atom stereocenters. The van der Waals surface area contributed by atoms with E-state index in [0.717, 1.165) is 22.3 Å². The van der Waals surface area contributed by atoms with Gasteiger partial charge in [0.2, 0.25) is 5.91 Å². The van der Waals surface area contributed by atoms with Crippen molar-refractivity contribution in [3.63, 3.8) is 0 Å². The van der Waals surface area contributed by atoms with Crippen molar-refractivity contribution in [1.29, 1.82) is 0 Å². The number of carbonyl (C=O) groups is 1. The molecule has 3 aromatic carbocycles. The minimum atomic E-state index is -0.257. The maximum atomic E-state index is 12.7. The second kappa shape index (κ2) is 8.28. The highest BCUT2D eigenvalue weighted by Gasteiger charge is 2.19. The molecule has 0 aliphatic rings. The van der Waals surface area contributed by atoms with Crippen LogP contribution in [0.2, 0.25) is 5.02 Å². The first-order chi connectivity index (χ1) is 12.9. The molecule has 1 unspecified atom stereocenters. The molecule has 0 aliphatic carbocycles. The number of aryl methyl sites for hydroxylation is 2. The molecule has 2 N–H and O–H groups in total. The monoisotopic (exact) mass is 379 g/mol. The Balaban J connectivity index is 1.88. The van der Waals surface area contributed by atoms with Crippen LogP contribution in [0.15, 0.2) is 66.7 Å². The summed E-state index contributed by atoms with van der Waals surface area (Å²) >= 11 is 6.03. The van der Waals surface area contributed by atoms with Gasteiger partial charge in [-0.25, -0.2) is 0 Å². The van der Waals surface area contributed by atoms with Gasteiger partial charge in [-0.1, -0.05) is 59.6 Å². The third-order valence-corrected chi connectivity index (χ3v) is 4.80. The van der Waals surface area contributed by atoms with Crippen molar-refractivity contribution >= 4 is 17.5 Å². The Labute approximate surface area is 164 Å². The Morgan fingerprint density at radius 1 is 1.00 bits per heavy atom. The number of phenols is 1. The van der Waals surface area contributed by atoms with Crippen LogP contribution in [-0.2, 0) is 11.2 Å². The topological polar surface area (TPSA) is 49.3 Å². The summed E-state index contributed by atoms with van der Waals surface area (Å²) in [5.74, 6) is 0.106.